The lowest BCUT2D eigenvalue weighted by molar-refractivity contribution is 0.0948. The van der Waals surface area contributed by atoms with Gasteiger partial charge in [0.1, 0.15) is 5.69 Å². The van der Waals surface area contributed by atoms with Gasteiger partial charge in [-0.25, -0.2) is 9.97 Å². The van der Waals surface area contributed by atoms with Crippen molar-refractivity contribution in [3.63, 3.8) is 0 Å². The molecule has 0 fully saturated rings. The van der Waals surface area contributed by atoms with Crippen LogP contribution in [-0.2, 0) is 0 Å². The van der Waals surface area contributed by atoms with E-state index in [0.29, 0.717) is 33.9 Å². The molecule has 0 bridgehead atoms. The summed E-state index contributed by atoms with van der Waals surface area (Å²) in [6.07, 6.45) is 2.38. The lowest BCUT2D eigenvalue weighted by Crippen LogP contribution is -2.25. The quantitative estimate of drug-likeness (QED) is 0.880. The second-order valence-electron chi connectivity index (χ2n) is 4.27. The first kappa shape index (κ1) is 15.5. The van der Waals surface area contributed by atoms with E-state index in [1.165, 1.54) is 6.20 Å². The Balaban J connectivity index is 2.15. The summed E-state index contributed by atoms with van der Waals surface area (Å²) in [6.45, 7) is 2.59. The maximum absolute atomic E-state index is 11.8. The van der Waals surface area contributed by atoms with Crippen LogP contribution in [0.1, 0.15) is 23.8 Å². The van der Waals surface area contributed by atoms with Crippen molar-refractivity contribution in [3.05, 3.63) is 46.2 Å². The van der Waals surface area contributed by atoms with E-state index >= 15 is 0 Å². The average molecular weight is 325 g/mol. The molecular weight excluding hydrogens is 311 g/mol. The Morgan fingerprint density at radius 1 is 1.29 bits per heavy atom. The lowest BCUT2D eigenvalue weighted by atomic mass is 10.3. The van der Waals surface area contributed by atoms with Gasteiger partial charge >= 0.3 is 0 Å². The van der Waals surface area contributed by atoms with Gasteiger partial charge in [-0.05, 0) is 30.7 Å². The number of carbonyl (C=O) groups is 1. The van der Waals surface area contributed by atoms with Crippen LogP contribution >= 0.6 is 23.2 Å². The zero-order valence-electron chi connectivity index (χ0n) is 11.4. The second-order valence-corrected chi connectivity index (χ2v) is 5.11. The molecule has 1 aromatic heterocycles. The highest BCUT2D eigenvalue weighted by molar-refractivity contribution is 6.36. The molecule has 2 rings (SSSR count). The Hall–Kier alpha value is -1.85. The number of benzene rings is 1. The molecule has 0 saturated carbocycles. The summed E-state index contributed by atoms with van der Waals surface area (Å²) in [7, 11) is 0. The molecule has 21 heavy (non-hydrogen) atoms. The fraction of sp³-hybridized carbons (Fsp3) is 0.214. The number of halogens is 2. The number of rotatable bonds is 5. The minimum atomic E-state index is -0.232. The zero-order valence-corrected chi connectivity index (χ0v) is 12.9. The van der Waals surface area contributed by atoms with E-state index in [9.17, 15) is 4.79 Å². The number of hydrogen-bond acceptors (Lipinski definition) is 4. The monoisotopic (exact) mass is 324 g/mol. The molecule has 0 aliphatic heterocycles. The van der Waals surface area contributed by atoms with Gasteiger partial charge in [0, 0.05) is 17.8 Å². The SMILES string of the molecule is CCCNC(=O)c1ccnc(Nc2ccc(Cl)cc2Cl)n1. The van der Waals surface area contributed by atoms with Gasteiger partial charge in [-0.15, -0.1) is 0 Å². The van der Waals surface area contributed by atoms with Gasteiger partial charge in [0.15, 0.2) is 0 Å². The van der Waals surface area contributed by atoms with Crippen LogP contribution in [0.5, 0.6) is 0 Å². The van der Waals surface area contributed by atoms with Crippen molar-refractivity contribution in [2.75, 3.05) is 11.9 Å². The molecular formula is C14H14Cl2N4O. The summed E-state index contributed by atoms with van der Waals surface area (Å²) in [4.78, 5) is 20.1. The highest BCUT2D eigenvalue weighted by atomic mass is 35.5. The molecule has 0 aliphatic carbocycles. The fourth-order valence-electron chi connectivity index (χ4n) is 1.59. The van der Waals surface area contributed by atoms with Crippen LogP contribution in [0.25, 0.3) is 0 Å². The van der Waals surface area contributed by atoms with Crippen LogP contribution in [0.15, 0.2) is 30.5 Å². The molecule has 0 saturated heterocycles. The number of nitrogens with zero attached hydrogens (tertiary/aromatic N) is 2. The third-order valence-corrected chi connectivity index (χ3v) is 3.15. The number of carbonyl (C=O) groups excluding carboxylic acids is 1. The maximum Gasteiger partial charge on any atom is 0.270 e. The minimum Gasteiger partial charge on any atom is -0.351 e. The highest BCUT2D eigenvalue weighted by Crippen LogP contribution is 2.27. The Bertz CT molecular complexity index is 649. The normalized spacial score (nSPS) is 10.2. The first-order valence-electron chi connectivity index (χ1n) is 6.43. The molecule has 110 valence electrons. The summed E-state index contributed by atoms with van der Waals surface area (Å²) in [5.41, 5.74) is 0.915. The van der Waals surface area contributed by atoms with Crippen LogP contribution in [0.4, 0.5) is 11.6 Å². The molecule has 7 heteroatoms. The smallest absolute Gasteiger partial charge is 0.270 e. The van der Waals surface area contributed by atoms with E-state index in [2.05, 4.69) is 20.6 Å². The maximum atomic E-state index is 11.8. The molecule has 0 unspecified atom stereocenters. The average Bonchev–Trinajstić information content (AvgIpc) is 2.48. The first-order chi connectivity index (χ1) is 10.1. The summed E-state index contributed by atoms with van der Waals surface area (Å²) >= 11 is 11.9. The van der Waals surface area contributed by atoms with Gasteiger partial charge in [0.05, 0.1) is 10.7 Å². The Kier molecular flexibility index (Phi) is 5.36. The third kappa shape index (κ3) is 4.31. The standard InChI is InChI=1S/C14H14Cl2N4O/c1-2-6-17-13(21)12-5-7-18-14(20-12)19-11-4-3-9(15)8-10(11)16/h3-5,7-8H,2,6H2,1H3,(H,17,21)(H,18,19,20). The molecule has 0 spiro atoms. The van der Waals surface area contributed by atoms with Crippen LogP contribution in [-0.4, -0.2) is 22.4 Å². The van der Waals surface area contributed by atoms with Gasteiger partial charge in [0.2, 0.25) is 5.95 Å². The number of anilines is 2. The number of nitrogens with one attached hydrogen (secondary N) is 2. The van der Waals surface area contributed by atoms with Crippen molar-refractivity contribution in [2.45, 2.75) is 13.3 Å². The zero-order chi connectivity index (χ0) is 15.2. The van der Waals surface area contributed by atoms with Crippen molar-refractivity contribution >= 4 is 40.7 Å². The molecule has 0 aliphatic rings. The molecule has 0 radical (unpaired) electrons. The van der Waals surface area contributed by atoms with Crippen LogP contribution in [0.3, 0.4) is 0 Å². The number of amides is 1. The number of aromatic nitrogens is 2. The summed E-state index contributed by atoms with van der Waals surface area (Å²) in [6, 6.07) is 6.59. The Morgan fingerprint density at radius 3 is 2.81 bits per heavy atom. The Labute approximate surface area is 132 Å². The highest BCUT2D eigenvalue weighted by Gasteiger charge is 2.09. The largest absolute Gasteiger partial charge is 0.351 e. The van der Waals surface area contributed by atoms with Crippen LogP contribution < -0.4 is 10.6 Å². The predicted molar refractivity (Wildman–Crippen MR) is 84.4 cm³/mol. The van der Waals surface area contributed by atoms with Crippen molar-refractivity contribution in [1.82, 2.24) is 15.3 Å². The molecule has 1 aromatic carbocycles. The Morgan fingerprint density at radius 2 is 2.10 bits per heavy atom. The van der Waals surface area contributed by atoms with Crippen molar-refractivity contribution < 1.29 is 4.79 Å². The second kappa shape index (κ2) is 7.24. The fourth-order valence-corrected chi connectivity index (χ4v) is 2.04. The van der Waals surface area contributed by atoms with E-state index in [0.717, 1.165) is 6.42 Å². The summed E-state index contributed by atoms with van der Waals surface area (Å²) in [5.74, 6) is 0.0628. The predicted octanol–water partition coefficient (Wildman–Crippen LogP) is 3.67. The minimum absolute atomic E-state index is 0.232. The van der Waals surface area contributed by atoms with Gasteiger partial charge in [-0.2, -0.15) is 0 Å². The summed E-state index contributed by atoms with van der Waals surface area (Å²) < 4.78 is 0. The molecule has 2 aromatic rings. The van der Waals surface area contributed by atoms with Gasteiger partial charge < -0.3 is 10.6 Å². The third-order valence-electron chi connectivity index (χ3n) is 2.60. The van der Waals surface area contributed by atoms with Crippen LogP contribution in [0.2, 0.25) is 10.0 Å². The van der Waals surface area contributed by atoms with Crippen LogP contribution in [0, 0.1) is 0 Å². The van der Waals surface area contributed by atoms with E-state index in [4.69, 9.17) is 23.2 Å². The molecule has 2 N–H and O–H groups in total. The van der Waals surface area contributed by atoms with Gasteiger partial charge in [-0.1, -0.05) is 30.1 Å². The van der Waals surface area contributed by atoms with E-state index in [1.54, 1.807) is 24.3 Å². The van der Waals surface area contributed by atoms with E-state index in [1.807, 2.05) is 6.92 Å². The van der Waals surface area contributed by atoms with Crippen molar-refractivity contribution in [3.8, 4) is 0 Å². The molecule has 1 amide bonds. The van der Waals surface area contributed by atoms with Crippen molar-refractivity contribution in [1.29, 1.82) is 0 Å². The first-order valence-corrected chi connectivity index (χ1v) is 7.19. The van der Waals surface area contributed by atoms with E-state index in [-0.39, 0.29) is 5.91 Å². The molecule has 5 nitrogen and oxygen atoms in total. The topological polar surface area (TPSA) is 66.9 Å². The van der Waals surface area contributed by atoms with E-state index < -0.39 is 0 Å². The molecule has 0 atom stereocenters. The molecule has 1 heterocycles. The van der Waals surface area contributed by atoms with Crippen molar-refractivity contribution in [2.24, 2.45) is 0 Å². The van der Waals surface area contributed by atoms with Gasteiger partial charge in [0.25, 0.3) is 5.91 Å². The van der Waals surface area contributed by atoms with Gasteiger partial charge in [-0.3, -0.25) is 4.79 Å². The summed E-state index contributed by atoms with van der Waals surface area (Å²) in [5, 5.41) is 6.71. The number of hydrogen-bond donors (Lipinski definition) is 2. The lowest BCUT2D eigenvalue weighted by Gasteiger charge is -2.08.